The van der Waals surface area contributed by atoms with E-state index in [0.717, 1.165) is 35.0 Å². The van der Waals surface area contributed by atoms with E-state index in [9.17, 15) is 9.59 Å². The Balaban J connectivity index is 1.69. The van der Waals surface area contributed by atoms with Crippen LogP contribution in [0.2, 0.25) is 0 Å². The lowest BCUT2D eigenvalue weighted by atomic mass is 9.89. The van der Waals surface area contributed by atoms with Crippen molar-refractivity contribution in [1.29, 1.82) is 0 Å². The largest absolute Gasteiger partial charge is 0.462 e. The molecule has 2 heterocycles. The summed E-state index contributed by atoms with van der Waals surface area (Å²) in [4.78, 5) is 31.8. The SMILES string of the molecule is CCOC(=O)c1cccc(Cn2cnc3sc4c(c3c2=O)CCC(C)C4)c1. The Kier molecular flexibility index (Phi) is 4.83. The number of hydrogen-bond donors (Lipinski definition) is 0. The second kappa shape index (κ2) is 7.27. The average Bonchev–Trinajstić information content (AvgIpc) is 3.02. The molecule has 0 radical (unpaired) electrons. The molecule has 1 aliphatic carbocycles. The van der Waals surface area contributed by atoms with Crippen LogP contribution in [0.5, 0.6) is 0 Å². The number of benzene rings is 1. The number of carbonyl (C=O) groups is 1. The van der Waals surface area contributed by atoms with E-state index in [2.05, 4.69) is 11.9 Å². The molecule has 1 aliphatic rings. The molecule has 0 N–H and O–H groups in total. The highest BCUT2D eigenvalue weighted by atomic mass is 32.1. The van der Waals surface area contributed by atoms with Gasteiger partial charge in [0.1, 0.15) is 4.83 Å². The van der Waals surface area contributed by atoms with Crippen molar-refractivity contribution < 1.29 is 9.53 Å². The van der Waals surface area contributed by atoms with Gasteiger partial charge >= 0.3 is 5.97 Å². The summed E-state index contributed by atoms with van der Waals surface area (Å²) in [5.74, 6) is 0.319. The van der Waals surface area contributed by atoms with Crippen LogP contribution in [-0.4, -0.2) is 22.1 Å². The molecule has 0 fully saturated rings. The maximum Gasteiger partial charge on any atom is 0.338 e. The van der Waals surface area contributed by atoms with E-state index >= 15 is 0 Å². The van der Waals surface area contributed by atoms with Crippen molar-refractivity contribution in [3.8, 4) is 0 Å². The van der Waals surface area contributed by atoms with E-state index < -0.39 is 0 Å². The number of nitrogens with zero attached hydrogens (tertiary/aromatic N) is 2. The average molecular weight is 382 g/mol. The summed E-state index contributed by atoms with van der Waals surface area (Å²) in [6.07, 6.45) is 4.73. The van der Waals surface area contributed by atoms with E-state index in [4.69, 9.17) is 4.74 Å². The Bertz CT molecular complexity index is 1070. The van der Waals surface area contributed by atoms with Gasteiger partial charge in [0, 0.05) is 4.88 Å². The van der Waals surface area contributed by atoms with Gasteiger partial charge in [0.2, 0.25) is 0 Å². The second-order valence-electron chi connectivity index (χ2n) is 7.13. The highest BCUT2D eigenvalue weighted by Crippen LogP contribution is 2.35. The lowest BCUT2D eigenvalue weighted by Crippen LogP contribution is -2.22. The molecule has 6 heteroatoms. The van der Waals surface area contributed by atoms with Crippen LogP contribution >= 0.6 is 11.3 Å². The van der Waals surface area contributed by atoms with Gasteiger partial charge in [0.15, 0.2) is 0 Å². The van der Waals surface area contributed by atoms with Gasteiger partial charge in [0.25, 0.3) is 5.56 Å². The summed E-state index contributed by atoms with van der Waals surface area (Å²) in [5.41, 5.74) is 2.58. The quantitative estimate of drug-likeness (QED) is 0.644. The third-order valence-corrected chi connectivity index (χ3v) is 6.24. The fourth-order valence-electron chi connectivity index (χ4n) is 3.69. The number of carbonyl (C=O) groups excluding carboxylic acids is 1. The van der Waals surface area contributed by atoms with E-state index in [1.807, 2.05) is 12.1 Å². The van der Waals surface area contributed by atoms with Gasteiger partial charge in [-0.2, -0.15) is 0 Å². The molecule has 5 nitrogen and oxygen atoms in total. The number of thiophene rings is 1. The first-order valence-corrected chi connectivity index (χ1v) is 10.1. The molecule has 0 aliphatic heterocycles. The first-order valence-electron chi connectivity index (χ1n) is 9.32. The molecule has 2 aromatic heterocycles. The van der Waals surface area contributed by atoms with Crippen LogP contribution < -0.4 is 5.56 Å². The molecule has 27 heavy (non-hydrogen) atoms. The topological polar surface area (TPSA) is 61.2 Å². The van der Waals surface area contributed by atoms with E-state index in [1.54, 1.807) is 41.3 Å². The number of ether oxygens (including phenoxy) is 1. The van der Waals surface area contributed by atoms with Crippen molar-refractivity contribution in [2.45, 2.75) is 39.7 Å². The van der Waals surface area contributed by atoms with Crippen LogP contribution in [0.4, 0.5) is 0 Å². The van der Waals surface area contributed by atoms with Gasteiger partial charge in [-0.1, -0.05) is 19.1 Å². The van der Waals surface area contributed by atoms with Gasteiger partial charge in [-0.3, -0.25) is 9.36 Å². The van der Waals surface area contributed by atoms with Crippen LogP contribution in [0.25, 0.3) is 10.2 Å². The van der Waals surface area contributed by atoms with Gasteiger partial charge < -0.3 is 4.74 Å². The third kappa shape index (κ3) is 3.41. The summed E-state index contributed by atoms with van der Waals surface area (Å²) < 4.78 is 6.69. The second-order valence-corrected chi connectivity index (χ2v) is 8.21. The number of rotatable bonds is 4. The van der Waals surface area contributed by atoms with Crippen LogP contribution in [0.15, 0.2) is 35.4 Å². The molecule has 0 spiro atoms. The van der Waals surface area contributed by atoms with Crippen molar-refractivity contribution in [3.63, 3.8) is 0 Å². The molecular weight excluding hydrogens is 360 g/mol. The predicted molar refractivity (Wildman–Crippen MR) is 107 cm³/mol. The molecule has 1 unspecified atom stereocenters. The van der Waals surface area contributed by atoms with E-state index in [0.29, 0.717) is 24.6 Å². The van der Waals surface area contributed by atoms with Crippen LogP contribution in [0, 0.1) is 5.92 Å². The molecule has 1 atom stereocenters. The summed E-state index contributed by atoms with van der Waals surface area (Å²) in [5, 5.41) is 0.783. The molecule has 140 valence electrons. The zero-order valence-corrected chi connectivity index (χ0v) is 16.3. The zero-order chi connectivity index (χ0) is 19.0. The zero-order valence-electron chi connectivity index (χ0n) is 15.5. The van der Waals surface area contributed by atoms with Gasteiger partial charge in [0.05, 0.1) is 30.4 Å². The van der Waals surface area contributed by atoms with Crippen LogP contribution in [0.3, 0.4) is 0 Å². The Labute approximate surface area is 161 Å². The standard InChI is InChI=1S/C21H22N2O3S/c1-3-26-21(25)15-6-4-5-14(10-15)11-23-12-22-19-18(20(23)24)16-8-7-13(2)9-17(16)27-19/h4-6,10,12-13H,3,7-9,11H2,1-2H3. The summed E-state index contributed by atoms with van der Waals surface area (Å²) in [6, 6.07) is 7.22. The van der Waals surface area contributed by atoms with E-state index in [-0.39, 0.29) is 11.5 Å². The number of aryl methyl sites for hydroxylation is 1. The van der Waals surface area contributed by atoms with Crippen molar-refractivity contribution in [3.05, 3.63) is 62.5 Å². The normalized spacial score (nSPS) is 16.3. The molecular formula is C21H22N2O3S. The van der Waals surface area contributed by atoms with E-state index in [1.165, 1.54) is 10.4 Å². The lowest BCUT2D eigenvalue weighted by Gasteiger charge is -2.17. The Hall–Kier alpha value is -2.47. The van der Waals surface area contributed by atoms with Crippen molar-refractivity contribution in [2.24, 2.45) is 5.92 Å². The fraction of sp³-hybridized carbons (Fsp3) is 0.381. The fourth-order valence-corrected chi connectivity index (χ4v) is 5.03. The molecule has 0 saturated carbocycles. The molecule has 1 aromatic carbocycles. The van der Waals surface area contributed by atoms with Gasteiger partial charge in [-0.25, -0.2) is 9.78 Å². The van der Waals surface area contributed by atoms with Crippen LogP contribution in [0.1, 0.15) is 46.6 Å². The van der Waals surface area contributed by atoms with Gasteiger partial charge in [-0.15, -0.1) is 11.3 Å². The van der Waals surface area contributed by atoms with Crippen molar-refractivity contribution in [2.75, 3.05) is 6.61 Å². The smallest absolute Gasteiger partial charge is 0.338 e. The Morgan fingerprint density at radius 3 is 3.07 bits per heavy atom. The molecule has 0 saturated heterocycles. The predicted octanol–water partition coefficient (Wildman–Crippen LogP) is 3.81. The summed E-state index contributed by atoms with van der Waals surface area (Å²) in [7, 11) is 0. The minimum absolute atomic E-state index is 0.00795. The number of aromatic nitrogens is 2. The molecule has 0 amide bonds. The minimum Gasteiger partial charge on any atom is -0.462 e. The third-order valence-electron chi connectivity index (χ3n) is 5.07. The summed E-state index contributed by atoms with van der Waals surface area (Å²) in [6.45, 7) is 4.76. The molecule has 3 aromatic rings. The van der Waals surface area contributed by atoms with Crippen LogP contribution in [-0.2, 0) is 24.1 Å². The number of fused-ring (bicyclic) bond motifs is 3. The first kappa shape index (κ1) is 17.9. The number of hydrogen-bond acceptors (Lipinski definition) is 5. The number of esters is 1. The Morgan fingerprint density at radius 1 is 1.41 bits per heavy atom. The highest BCUT2D eigenvalue weighted by Gasteiger charge is 2.23. The monoisotopic (exact) mass is 382 g/mol. The maximum absolute atomic E-state index is 13.1. The highest BCUT2D eigenvalue weighted by molar-refractivity contribution is 7.18. The van der Waals surface area contributed by atoms with Crippen molar-refractivity contribution >= 4 is 27.5 Å². The maximum atomic E-state index is 13.1. The van der Waals surface area contributed by atoms with Crippen molar-refractivity contribution in [1.82, 2.24) is 9.55 Å². The lowest BCUT2D eigenvalue weighted by molar-refractivity contribution is 0.0526. The van der Waals surface area contributed by atoms with Gasteiger partial charge in [-0.05, 0) is 55.4 Å². The molecule has 0 bridgehead atoms. The first-order chi connectivity index (χ1) is 13.1. The summed E-state index contributed by atoms with van der Waals surface area (Å²) >= 11 is 1.66. The Morgan fingerprint density at radius 2 is 2.26 bits per heavy atom. The minimum atomic E-state index is -0.346. The molecule has 4 rings (SSSR count).